The fourth-order valence-corrected chi connectivity index (χ4v) is 3.17. The number of benzene rings is 2. The zero-order valence-electron chi connectivity index (χ0n) is 17.1. The number of guanidine groups is 1. The average molecular weight is 423 g/mol. The van der Waals surface area contributed by atoms with Crippen molar-refractivity contribution in [3.63, 3.8) is 0 Å². The van der Waals surface area contributed by atoms with E-state index >= 15 is 0 Å². The molecule has 3 aromatic rings. The van der Waals surface area contributed by atoms with Gasteiger partial charge >= 0.3 is 0 Å². The largest absolute Gasteiger partial charge is 0.370 e. The number of halogens is 1. The van der Waals surface area contributed by atoms with Crippen LogP contribution in [0.3, 0.4) is 0 Å². The maximum atomic E-state index is 5.96. The quantitative estimate of drug-likeness (QED) is 0.265. The van der Waals surface area contributed by atoms with Crippen LogP contribution in [0.2, 0.25) is 5.02 Å². The molecule has 0 aliphatic carbocycles. The van der Waals surface area contributed by atoms with Gasteiger partial charge in [0.1, 0.15) is 5.82 Å². The molecule has 0 unspecified atom stereocenters. The summed E-state index contributed by atoms with van der Waals surface area (Å²) in [6.07, 6.45) is 6.91. The first-order chi connectivity index (χ1) is 14.5. The number of aromatic nitrogens is 2. The lowest BCUT2D eigenvalue weighted by molar-refractivity contribution is 0.706. The van der Waals surface area contributed by atoms with E-state index in [1.165, 1.54) is 5.56 Å². The van der Waals surface area contributed by atoms with Crippen LogP contribution >= 0.6 is 11.6 Å². The molecule has 0 saturated carbocycles. The molecule has 0 atom stereocenters. The van der Waals surface area contributed by atoms with Crippen molar-refractivity contribution in [3.05, 3.63) is 64.4 Å². The highest BCUT2D eigenvalue weighted by Gasteiger charge is 2.07. The van der Waals surface area contributed by atoms with Crippen LogP contribution in [0, 0.1) is 6.92 Å². The van der Waals surface area contributed by atoms with Gasteiger partial charge < -0.3 is 16.8 Å². The SMILES string of the molecule is Cc1ccc2nc(/C=C/c3ccc(Cl)cc3)nc(NCCCCCN=C(N)N)c2c1. The maximum absolute atomic E-state index is 5.96. The number of nitrogens with two attached hydrogens (primary N) is 2. The normalized spacial score (nSPS) is 11.1. The number of fused-ring (bicyclic) bond motifs is 1. The first-order valence-corrected chi connectivity index (χ1v) is 10.4. The van der Waals surface area contributed by atoms with E-state index in [9.17, 15) is 0 Å². The van der Waals surface area contributed by atoms with Crippen LogP contribution in [0.5, 0.6) is 0 Å². The van der Waals surface area contributed by atoms with Gasteiger partial charge in [0.15, 0.2) is 11.8 Å². The van der Waals surface area contributed by atoms with E-state index in [1.807, 2.05) is 42.5 Å². The van der Waals surface area contributed by atoms with Crippen LogP contribution in [-0.2, 0) is 0 Å². The Bertz CT molecular complexity index is 1040. The van der Waals surface area contributed by atoms with Gasteiger partial charge in [-0.3, -0.25) is 4.99 Å². The van der Waals surface area contributed by atoms with Crippen molar-refractivity contribution >= 4 is 46.4 Å². The number of nitrogens with one attached hydrogen (secondary N) is 1. The predicted octanol–water partition coefficient (Wildman–Crippen LogP) is 4.62. The summed E-state index contributed by atoms with van der Waals surface area (Å²) in [6, 6.07) is 13.9. The molecule has 1 heterocycles. The van der Waals surface area contributed by atoms with Gasteiger partial charge in [-0.15, -0.1) is 0 Å². The van der Waals surface area contributed by atoms with Crippen LogP contribution in [0.1, 0.15) is 36.2 Å². The molecule has 0 radical (unpaired) electrons. The Morgan fingerprint density at radius 1 is 1.03 bits per heavy atom. The highest BCUT2D eigenvalue weighted by Crippen LogP contribution is 2.23. The van der Waals surface area contributed by atoms with Gasteiger partial charge in [-0.1, -0.05) is 41.4 Å². The van der Waals surface area contributed by atoms with Crippen LogP contribution in [0.4, 0.5) is 5.82 Å². The zero-order chi connectivity index (χ0) is 21.3. The fraction of sp³-hybridized carbons (Fsp3) is 0.261. The van der Waals surface area contributed by atoms with E-state index in [2.05, 4.69) is 29.4 Å². The first-order valence-electron chi connectivity index (χ1n) is 10.0. The Balaban J connectivity index is 1.72. The number of unbranched alkanes of at least 4 members (excludes halogenated alkanes) is 2. The second-order valence-corrected chi connectivity index (χ2v) is 7.57. The first kappa shape index (κ1) is 21.6. The van der Waals surface area contributed by atoms with E-state index in [1.54, 1.807) is 0 Å². The Kier molecular flexibility index (Phi) is 7.63. The van der Waals surface area contributed by atoms with E-state index in [0.29, 0.717) is 17.4 Å². The van der Waals surface area contributed by atoms with Gasteiger partial charge in [0, 0.05) is 23.5 Å². The van der Waals surface area contributed by atoms with Crippen molar-refractivity contribution in [2.24, 2.45) is 16.5 Å². The van der Waals surface area contributed by atoms with Crippen molar-refractivity contribution in [2.45, 2.75) is 26.2 Å². The lowest BCUT2D eigenvalue weighted by Crippen LogP contribution is -2.22. The van der Waals surface area contributed by atoms with E-state index < -0.39 is 0 Å². The van der Waals surface area contributed by atoms with E-state index in [-0.39, 0.29) is 5.96 Å². The predicted molar refractivity (Wildman–Crippen MR) is 128 cm³/mol. The molecule has 30 heavy (non-hydrogen) atoms. The molecule has 2 aromatic carbocycles. The van der Waals surface area contributed by atoms with Crippen LogP contribution in [0.15, 0.2) is 47.5 Å². The minimum Gasteiger partial charge on any atom is -0.370 e. The topological polar surface area (TPSA) is 102 Å². The van der Waals surface area contributed by atoms with Gasteiger partial charge in [-0.2, -0.15) is 0 Å². The lowest BCUT2D eigenvalue weighted by atomic mass is 10.1. The second-order valence-electron chi connectivity index (χ2n) is 7.13. The maximum Gasteiger partial charge on any atom is 0.185 e. The third-order valence-electron chi connectivity index (χ3n) is 4.59. The third-order valence-corrected chi connectivity index (χ3v) is 4.84. The Labute approximate surface area is 182 Å². The van der Waals surface area contributed by atoms with Gasteiger partial charge in [0.2, 0.25) is 0 Å². The second kappa shape index (κ2) is 10.6. The van der Waals surface area contributed by atoms with Gasteiger partial charge in [-0.25, -0.2) is 9.97 Å². The highest BCUT2D eigenvalue weighted by atomic mass is 35.5. The third kappa shape index (κ3) is 6.46. The number of rotatable bonds is 9. The molecule has 6 nitrogen and oxygen atoms in total. The molecule has 7 heteroatoms. The molecule has 5 N–H and O–H groups in total. The smallest absolute Gasteiger partial charge is 0.185 e. The summed E-state index contributed by atoms with van der Waals surface area (Å²) < 4.78 is 0. The van der Waals surface area contributed by atoms with Crippen LogP contribution in [0.25, 0.3) is 23.1 Å². The van der Waals surface area contributed by atoms with E-state index in [4.69, 9.17) is 33.0 Å². The van der Waals surface area contributed by atoms with Crippen molar-refractivity contribution < 1.29 is 0 Å². The number of hydrogen-bond donors (Lipinski definition) is 3. The average Bonchev–Trinajstić information content (AvgIpc) is 2.72. The van der Waals surface area contributed by atoms with Gasteiger partial charge in [-0.05, 0) is 62.1 Å². The molecule has 156 valence electrons. The lowest BCUT2D eigenvalue weighted by Gasteiger charge is -2.10. The Morgan fingerprint density at radius 3 is 2.60 bits per heavy atom. The minimum atomic E-state index is 0.148. The number of nitrogens with zero attached hydrogens (tertiary/aromatic N) is 3. The summed E-state index contributed by atoms with van der Waals surface area (Å²) in [7, 11) is 0. The van der Waals surface area contributed by atoms with Crippen molar-refractivity contribution in [2.75, 3.05) is 18.4 Å². The molecule has 0 saturated heterocycles. The molecule has 0 spiro atoms. The molecular formula is C23H27ClN6. The fourth-order valence-electron chi connectivity index (χ4n) is 3.04. The van der Waals surface area contributed by atoms with Gasteiger partial charge in [0.05, 0.1) is 5.52 Å². The molecule has 0 amide bonds. The summed E-state index contributed by atoms with van der Waals surface area (Å²) in [5.41, 5.74) is 13.8. The number of hydrogen-bond acceptors (Lipinski definition) is 4. The number of aryl methyl sites for hydroxylation is 1. The minimum absolute atomic E-state index is 0.148. The summed E-state index contributed by atoms with van der Waals surface area (Å²) in [5, 5.41) is 5.22. The molecule has 0 aliphatic rings. The van der Waals surface area contributed by atoms with Crippen molar-refractivity contribution in [1.82, 2.24) is 9.97 Å². The molecule has 3 rings (SSSR count). The van der Waals surface area contributed by atoms with Crippen molar-refractivity contribution in [3.8, 4) is 0 Å². The summed E-state index contributed by atoms with van der Waals surface area (Å²) in [4.78, 5) is 13.4. The summed E-state index contributed by atoms with van der Waals surface area (Å²) in [6.45, 7) is 3.56. The Morgan fingerprint density at radius 2 is 1.83 bits per heavy atom. The van der Waals surface area contributed by atoms with Crippen LogP contribution in [-0.4, -0.2) is 29.0 Å². The molecule has 0 fully saturated rings. The molecular weight excluding hydrogens is 396 g/mol. The number of aliphatic imine (C=N–C) groups is 1. The van der Waals surface area contributed by atoms with E-state index in [0.717, 1.165) is 48.1 Å². The van der Waals surface area contributed by atoms with Gasteiger partial charge in [0.25, 0.3) is 0 Å². The number of anilines is 1. The summed E-state index contributed by atoms with van der Waals surface area (Å²) in [5.74, 6) is 1.66. The molecule has 0 bridgehead atoms. The standard InChI is InChI=1S/C23H27ClN6/c1-16-5-11-20-19(15-16)22(27-13-3-2-4-14-28-23(25)26)30-21(29-20)12-8-17-6-9-18(24)10-7-17/h5-12,15H,2-4,13-14H2,1H3,(H4,25,26,28)(H,27,29,30)/b12-8+. The van der Waals surface area contributed by atoms with Crippen LogP contribution < -0.4 is 16.8 Å². The zero-order valence-corrected chi connectivity index (χ0v) is 17.9. The molecule has 1 aromatic heterocycles. The Hall–Kier alpha value is -3.12. The monoisotopic (exact) mass is 422 g/mol. The summed E-state index contributed by atoms with van der Waals surface area (Å²) >= 11 is 5.96. The molecule has 0 aliphatic heterocycles. The van der Waals surface area contributed by atoms with Crippen molar-refractivity contribution in [1.29, 1.82) is 0 Å². The highest BCUT2D eigenvalue weighted by molar-refractivity contribution is 6.30.